The molecule has 1 fully saturated rings. The van der Waals surface area contributed by atoms with Gasteiger partial charge in [-0.15, -0.1) is 6.58 Å². The summed E-state index contributed by atoms with van der Waals surface area (Å²) in [6.07, 6.45) is 13.9. The molecule has 0 aromatic rings. The molecule has 90 valence electrons. The van der Waals surface area contributed by atoms with Gasteiger partial charge in [-0.05, 0) is 44.1 Å². The van der Waals surface area contributed by atoms with Crippen LogP contribution in [0.1, 0.15) is 32.6 Å². The molecule has 1 heteroatoms. The Kier molecular flexibility index (Phi) is 4.97. The van der Waals surface area contributed by atoms with Crippen LogP contribution in [0.4, 0.5) is 0 Å². The molecule has 0 radical (unpaired) electrons. The smallest absolute Gasteiger partial charge is 0.0751 e. The second kappa shape index (κ2) is 6.25. The molecule has 0 saturated heterocycles. The molecule has 0 aromatic heterocycles. The number of hydrogen-bond donors (Lipinski definition) is 0. The minimum Gasteiger partial charge on any atom is -0.197 e. The molecule has 0 heterocycles. The predicted molar refractivity (Wildman–Crippen MR) is 73.3 cm³/mol. The highest BCUT2D eigenvalue weighted by Crippen LogP contribution is 2.42. The van der Waals surface area contributed by atoms with E-state index in [1.165, 1.54) is 5.57 Å². The molecule has 1 nitrogen and oxygen atoms in total. The Morgan fingerprint density at radius 1 is 1.35 bits per heavy atom. The van der Waals surface area contributed by atoms with Crippen molar-refractivity contribution in [2.75, 3.05) is 0 Å². The molecule has 0 spiro atoms. The third-order valence-electron chi connectivity index (χ3n) is 3.72. The van der Waals surface area contributed by atoms with Crippen molar-refractivity contribution in [1.82, 2.24) is 0 Å². The van der Waals surface area contributed by atoms with E-state index < -0.39 is 0 Å². The Morgan fingerprint density at radius 3 is 2.41 bits per heavy atom. The molecule has 1 aliphatic rings. The highest BCUT2D eigenvalue weighted by molar-refractivity contribution is 5.25. The van der Waals surface area contributed by atoms with Gasteiger partial charge in [0.2, 0.25) is 0 Å². The molecule has 0 aromatic carbocycles. The van der Waals surface area contributed by atoms with E-state index in [1.54, 1.807) is 6.08 Å². The molecule has 1 saturated carbocycles. The number of hydrogen-bond acceptors (Lipinski definition) is 1. The van der Waals surface area contributed by atoms with Crippen LogP contribution < -0.4 is 0 Å². The fourth-order valence-electron chi connectivity index (χ4n) is 2.47. The van der Waals surface area contributed by atoms with Crippen LogP contribution in [0, 0.1) is 22.7 Å². The third-order valence-corrected chi connectivity index (χ3v) is 3.72. The summed E-state index contributed by atoms with van der Waals surface area (Å²) in [5, 5.41) is 9.20. The molecule has 0 amide bonds. The van der Waals surface area contributed by atoms with Crippen molar-refractivity contribution in [3.05, 3.63) is 49.1 Å². The van der Waals surface area contributed by atoms with Crippen molar-refractivity contribution >= 4 is 0 Å². The van der Waals surface area contributed by atoms with Crippen molar-refractivity contribution in [3.63, 3.8) is 0 Å². The van der Waals surface area contributed by atoms with Crippen LogP contribution in [0.15, 0.2) is 49.1 Å². The van der Waals surface area contributed by atoms with E-state index in [4.69, 9.17) is 0 Å². The molecular formula is C16H21N. The fourth-order valence-corrected chi connectivity index (χ4v) is 2.47. The molecule has 0 N–H and O–H groups in total. The minimum absolute atomic E-state index is 0.280. The lowest BCUT2D eigenvalue weighted by atomic mass is 9.69. The highest BCUT2D eigenvalue weighted by atomic mass is 14.4. The summed E-state index contributed by atoms with van der Waals surface area (Å²) in [4.78, 5) is 0. The monoisotopic (exact) mass is 227 g/mol. The van der Waals surface area contributed by atoms with Crippen molar-refractivity contribution in [2.45, 2.75) is 32.6 Å². The average Bonchev–Trinajstić information content (AvgIpc) is 2.40. The SMILES string of the molecule is C=C/C=C\C(=C/C)C1CCC(C#N)(C=C)CC1. The van der Waals surface area contributed by atoms with E-state index in [-0.39, 0.29) is 5.41 Å². The lowest BCUT2D eigenvalue weighted by Gasteiger charge is -2.33. The van der Waals surface area contributed by atoms with Gasteiger partial charge in [0.05, 0.1) is 11.5 Å². The first kappa shape index (κ1) is 13.5. The lowest BCUT2D eigenvalue weighted by Crippen LogP contribution is -2.24. The van der Waals surface area contributed by atoms with Crippen molar-refractivity contribution in [2.24, 2.45) is 11.3 Å². The van der Waals surface area contributed by atoms with Crippen LogP contribution >= 0.6 is 0 Å². The summed E-state index contributed by atoms with van der Waals surface area (Å²) in [5.74, 6) is 0.581. The first-order chi connectivity index (χ1) is 8.21. The number of rotatable bonds is 4. The van der Waals surface area contributed by atoms with E-state index in [9.17, 15) is 5.26 Å². The van der Waals surface area contributed by atoms with Crippen LogP contribution in [0.25, 0.3) is 0 Å². The quantitative estimate of drug-likeness (QED) is 0.510. The minimum atomic E-state index is -0.280. The van der Waals surface area contributed by atoms with Crippen molar-refractivity contribution in [1.29, 1.82) is 5.26 Å². The zero-order valence-electron chi connectivity index (χ0n) is 10.7. The van der Waals surface area contributed by atoms with Gasteiger partial charge in [0.25, 0.3) is 0 Å². The molecule has 0 aliphatic heterocycles. The highest BCUT2D eigenvalue weighted by Gasteiger charge is 2.33. The van der Waals surface area contributed by atoms with Gasteiger partial charge < -0.3 is 0 Å². The van der Waals surface area contributed by atoms with E-state index in [2.05, 4.69) is 38.3 Å². The average molecular weight is 227 g/mol. The topological polar surface area (TPSA) is 23.8 Å². The van der Waals surface area contributed by atoms with Crippen LogP contribution in [0.2, 0.25) is 0 Å². The van der Waals surface area contributed by atoms with E-state index in [1.807, 2.05) is 12.2 Å². The van der Waals surface area contributed by atoms with Gasteiger partial charge in [0, 0.05) is 0 Å². The summed E-state index contributed by atoms with van der Waals surface area (Å²) >= 11 is 0. The molecule has 17 heavy (non-hydrogen) atoms. The van der Waals surface area contributed by atoms with E-state index in [0.29, 0.717) is 5.92 Å². The number of nitriles is 1. The zero-order valence-corrected chi connectivity index (χ0v) is 10.7. The zero-order chi connectivity index (χ0) is 12.7. The molecule has 0 unspecified atom stereocenters. The maximum atomic E-state index is 9.20. The van der Waals surface area contributed by atoms with Crippen molar-refractivity contribution in [3.8, 4) is 6.07 Å². The fraction of sp³-hybridized carbons (Fsp3) is 0.438. The van der Waals surface area contributed by atoms with Crippen LogP contribution in [0.5, 0.6) is 0 Å². The van der Waals surface area contributed by atoms with Gasteiger partial charge in [0.1, 0.15) is 0 Å². The lowest BCUT2D eigenvalue weighted by molar-refractivity contribution is 0.285. The maximum absolute atomic E-state index is 9.20. The molecular weight excluding hydrogens is 206 g/mol. The second-order valence-corrected chi connectivity index (χ2v) is 4.63. The molecule has 1 aliphatic carbocycles. The first-order valence-corrected chi connectivity index (χ1v) is 6.21. The molecule has 1 rings (SSSR count). The Morgan fingerprint density at radius 2 is 2.00 bits per heavy atom. The van der Waals surface area contributed by atoms with Crippen LogP contribution in [-0.2, 0) is 0 Å². The summed E-state index contributed by atoms with van der Waals surface area (Å²) in [6.45, 7) is 9.57. The second-order valence-electron chi connectivity index (χ2n) is 4.63. The van der Waals surface area contributed by atoms with E-state index in [0.717, 1.165) is 25.7 Å². The Balaban J connectivity index is 2.69. The van der Waals surface area contributed by atoms with Gasteiger partial charge in [-0.2, -0.15) is 5.26 Å². The molecule has 0 bridgehead atoms. The maximum Gasteiger partial charge on any atom is 0.0751 e. The largest absolute Gasteiger partial charge is 0.197 e. The van der Waals surface area contributed by atoms with Crippen molar-refractivity contribution < 1.29 is 0 Å². The summed E-state index contributed by atoms with van der Waals surface area (Å²) in [5.41, 5.74) is 1.08. The third kappa shape index (κ3) is 3.20. The van der Waals surface area contributed by atoms with Gasteiger partial charge >= 0.3 is 0 Å². The summed E-state index contributed by atoms with van der Waals surface area (Å²) in [7, 11) is 0. The van der Waals surface area contributed by atoms with Crippen LogP contribution in [-0.4, -0.2) is 0 Å². The number of nitrogens with zero attached hydrogens (tertiary/aromatic N) is 1. The first-order valence-electron chi connectivity index (χ1n) is 6.21. The predicted octanol–water partition coefficient (Wildman–Crippen LogP) is 4.56. The Bertz CT molecular complexity index is 371. The normalized spacial score (nSPS) is 29.9. The summed E-state index contributed by atoms with van der Waals surface area (Å²) < 4.78 is 0. The Labute approximate surface area is 105 Å². The standard InChI is InChI=1S/C16H21N/c1-4-7-8-14(5-2)15-9-11-16(6-3,13-17)12-10-15/h4-8,15H,1,3,9-12H2,2H3/b8-7-,14-5+. The van der Waals surface area contributed by atoms with Gasteiger partial charge in [-0.25, -0.2) is 0 Å². The van der Waals surface area contributed by atoms with Gasteiger partial charge in [0.15, 0.2) is 0 Å². The summed E-state index contributed by atoms with van der Waals surface area (Å²) in [6, 6.07) is 2.42. The Hall–Kier alpha value is -1.55. The number of allylic oxidation sites excluding steroid dienone is 6. The van der Waals surface area contributed by atoms with E-state index >= 15 is 0 Å². The van der Waals surface area contributed by atoms with Gasteiger partial charge in [-0.1, -0.05) is 37.0 Å². The van der Waals surface area contributed by atoms with Crippen LogP contribution in [0.3, 0.4) is 0 Å². The molecule has 0 atom stereocenters. The van der Waals surface area contributed by atoms with Gasteiger partial charge in [-0.3, -0.25) is 0 Å².